The zero-order valence-corrected chi connectivity index (χ0v) is 32.8. The molecule has 0 saturated carbocycles. The number of aromatic amines is 1. The fourth-order valence-electron chi connectivity index (χ4n) is 7.00. The summed E-state index contributed by atoms with van der Waals surface area (Å²) in [4.78, 5) is 73.0. The third kappa shape index (κ3) is 13.3. The molecule has 5 rings (SSSR count). The van der Waals surface area contributed by atoms with E-state index in [-0.39, 0.29) is 38.2 Å². The van der Waals surface area contributed by atoms with Crippen molar-refractivity contribution >= 4 is 40.4 Å². The van der Waals surface area contributed by atoms with Gasteiger partial charge >= 0.3 is 0 Å². The molecule has 4 aromatic rings. The Kier molecular flexibility index (Phi) is 16.6. The number of para-hydroxylation sites is 1. The number of hydrogen-bond donors (Lipinski definition) is 7. The first kappa shape index (κ1) is 42.6. The highest BCUT2D eigenvalue weighted by Gasteiger charge is 2.34. The molecular formula is C44H57N7O6. The maximum Gasteiger partial charge on any atom is 0.245 e. The number of nitrogens with one attached hydrogen (secondary N) is 6. The van der Waals surface area contributed by atoms with Crippen LogP contribution in [0, 0.1) is 0 Å². The largest absolute Gasteiger partial charge is 0.371 e. The molecule has 0 aliphatic carbocycles. The van der Waals surface area contributed by atoms with E-state index in [4.69, 9.17) is 10.5 Å². The van der Waals surface area contributed by atoms with Gasteiger partial charge in [0, 0.05) is 42.9 Å². The van der Waals surface area contributed by atoms with Gasteiger partial charge in [-0.2, -0.15) is 0 Å². The Hall–Kier alpha value is -5.53. The van der Waals surface area contributed by atoms with Crippen LogP contribution in [-0.4, -0.2) is 77.9 Å². The van der Waals surface area contributed by atoms with Crippen molar-refractivity contribution < 1.29 is 28.7 Å². The zero-order valence-electron chi connectivity index (χ0n) is 32.8. The Morgan fingerprint density at radius 2 is 1.30 bits per heavy atom. The fraction of sp³-hybridized carbons (Fsp3) is 0.432. The minimum Gasteiger partial charge on any atom is -0.371 e. The number of amides is 5. The van der Waals surface area contributed by atoms with Crippen LogP contribution in [0.4, 0.5) is 0 Å². The van der Waals surface area contributed by atoms with E-state index < -0.39 is 53.9 Å². The van der Waals surface area contributed by atoms with Crippen LogP contribution in [0.5, 0.6) is 0 Å². The first-order chi connectivity index (χ1) is 27.7. The maximum absolute atomic E-state index is 14.4. The predicted octanol–water partition coefficient (Wildman–Crippen LogP) is 3.71. The number of hydrogen-bond acceptors (Lipinski definition) is 7. The van der Waals surface area contributed by atoms with E-state index in [2.05, 4.69) is 31.6 Å². The van der Waals surface area contributed by atoms with Crippen LogP contribution >= 0.6 is 0 Å². The summed E-state index contributed by atoms with van der Waals surface area (Å²) in [6.07, 6.45) is 5.76. The monoisotopic (exact) mass is 779 g/mol. The smallest absolute Gasteiger partial charge is 0.245 e. The quantitative estimate of drug-likeness (QED) is 0.107. The molecule has 1 saturated heterocycles. The van der Waals surface area contributed by atoms with Crippen molar-refractivity contribution in [2.45, 2.75) is 108 Å². The number of nitrogens with two attached hydrogens (primary N) is 1. The number of ether oxygens (including phenoxy) is 1. The van der Waals surface area contributed by atoms with E-state index in [0.29, 0.717) is 38.8 Å². The summed E-state index contributed by atoms with van der Waals surface area (Å²) in [7, 11) is 0. The van der Waals surface area contributed by atoms with Crippen LogP contribution in [0.2, 0.25) is 0 Å². The van der Waals surface area contributed by atoms with E-state index in [9.17, 15) is 24.0 Å². The lowest BCUT2D eigenvalue weighted by Crippen LogP contribution is -2.60. The maximum atomic E-state index is 14.4. The van der Waals surface area contributed by atoms with Crippen molar-refractivity contribution in [3.8, 4) is 0 Å². The summed E-state index contributed by atoms with van der Waals surface area (Å²) in [5.74, 6) is -2.34. The summed E-state index contributed by atoms with van der Waals surface area (Å²) in [5.41, 5.74) is 9.23. The molecule has 1 aromatic heterocycles. The number of fused-ring (bicyclic) bond motifs is 1. The molecule has 1 aliphatic rings. The minimum absolute atomic E-state index is 0.0973. The Bertz CT molecular complexity index is 1900. The number of benzene rings is 3. The molecule has 304 valence electrons. The van der Waals surface area contributed by atoms with Gasteiger partial charge in [0.05, 0.1) is 12.7 Å². The third-order valence-electron chi connectivity index (χ3n) is 10.3. The second-order valence-electron chi connectivity index (χ2n) is 14.7. The van der Waals surface area contributed by atoms with Crippen molar-refractivity contribution in [1.82, 2.24) is 31.6 Å². The second-order valence-corrected chi connectivity index (χ2v) is 14.7. The van der Waals surface area contributed by atoms with Crippen LogP contribution in [0.25, 0.3) is 10.9 Å². The number of H-pyrrole nitrogens is 1. The molecular weight excluding hydrogens is 723 g/mol. The van der Waals surface area contributed by atoms with Gasteiger partial charge in [-0.15, -0.1) is 0 Å². The van der Waals surface area contributed by atoms with Gasteiger partial charge in [-0.25, -0.2) is 0 Å². The Labute approximate surface area is 334 Å². The van der Waals surface area contributed by atoms with Gasteiger partial charge in [0.25, 0.3) is 0 Å². The van der Waals surface area contributed by atoms with Gasteiger partial charge in [-0.05, 0) is 68.3 Å². The molecule has 1 aliphatic heterocycles. The Balaban J connectivity index is 1.45. The highest BCUT2D eigenvalue weighted by atomic mass is 16.5. The van der Waals surface area contributed by atoms with Gasteiger partial charge in [0.15, 0.2) is 0 Å². The lowest BCUT2D eigenvalue weighted by molar-refractivity contribution is -0.136. The lowest BCUT2D eigenvalue weighted by Gasteiger charge is -2.29. The first-order valence-electron chi connectivity index (χ1n) is 20.1. The highest BCUT2D eigenvalue weighted by Crippen LogP contribution is 2.20. The molecule has 5 amide bonds. The number of unbranched alkanes of at least 4 members (excludes halogenated alkanes) is 1. The van der Waals surface area contributed by atoms with E-state index in [0.717, 1.165) is 40.4 Å². The molecule has 13 nitrogen and oxygen atoms in total. The number of carbonyl (C=O) groups excluding carboxylic acids is 5. The van der Waals surface area contributed by atoms with Crippen molar-refractivity contribution in [2.24, 2.45) is 5.73 Å². The molecule has 8 N–H and O–H groups in total. The summed E-state index contributed by atoms with van der Waals surface area (Å²) >= 11 is 0. The van der Waals surface area contributed by atoms with E-state index in [1.165, 1.54) is 0 Å². The fourth-order valence-corrected chi connectivity index (χ4v) is 7.00. The molecule has 0 spiro atoms. The van der Waals surface area contributed by atoms with Crippen molar-refractivity contribution in [3.63, 3.8) is 0 Å². The normalized spacial score (nSPS) is 21.4. The molecule has 0 bridgehead atoms. The molecule has 5 atom stereocenters. The average Bonchev–Trinajstić information content (AvgIpc) is 3.63. The first-order valence-corrected chi connectivity index (χ1v) is 20.1. The number of rotatable bonds is 12. The summed E-state index contributed by atoms with van der Waals surface area (Å²) in [6, 6.07) is 22.4. The van der Waals surface area contributed by atoms with Gasteiger partial charge in [-0.3, -0.25) is 24.0 Å². The molecule has 3 aromatic carbocycles. The Morgan fingerprint density at radius 1 is 0.667 bits per heavy atom. The Morgan fingerprint density at radius 3 is 2.04 bits per heavy atom. The van der Waals surface area contributed by atoms with Crippen molar-refractivity contribution in [3.05, 3.63) is 108 Å². The van der Waals surface area contributed by atoms with Crippen LogP contribution in [-0.2, 0) is 48.2 Å². The number of aromatic nitrogens is 1. The molecule has 1 fully saturated rings. The predicted molar refractivity (Wildman–Crippen MR) is 220 cm³/mol. The summed E-state index contributed by atoms with van der Waals surface area (Å²) < 4.78 is 6.12. The van der Waals surface area contributed by atoms with Gasteiger partial charge < -0.3 is 42.0 Å². The van der Waals surface area contributed by atoms with E-state index in [1.807, 2.05) is 84.9 Å². The topological polar surface area (TPSA) is 197 Å². The minimum atomic E-state index is -1.13. The molecule has 13 heteroatoms. The second kappa shape index (κ2) is 22.3. The zero-order chi connectivity index (χ0) is 40.4. The summed E-state index contributed by atoms with van der Waals surface area (Å²) in [5, 5.41) is 15.5. The van der Waals surface area contributed by atoms with Crippen molar-refractivity contribution in [2.75, 3.05) is 13.1 Å². The third-order valence-corrected chi connectivity index (χ3v) is 10.3. The molecule has 0 radical (unpaired) electrons. The van der Waals surface area contributed by atoms with Crippen LogP contribution < -0.4 is 32.3 Å². The van der Waals surface area contributed by atoms with Crippen LogP contribution in [0.1, 0.15) is 75.0 Å². The SMILES string of the molecule is C[C@H](OCc1ccccc1)[C@@H]1NC(=O)[C@H](CCCCN)NC(=O)[C@H](Cc2c[nH]c3ccccc23)NC(=O)[C@H](Cc2ccccc2)NC(=O)CCCCCCNC1=O. The van der Waals surface area contributed by atoms with Crippen LogP contribution in [0.3, 0.4) is 0 Å². The lowest BCUT2D eigenvalue weighted by atomic mass is 10.0. The molecule has 0 unspecified atom stereocenters. The van der Waals surface area contributed by atoms with E-state index >= 15 is 0 Å². The average molecular weight is 780 g/mol. The van der Waals surface area contributed by atoms with Crippen molar-refractivity contribution in [1.29, 1.82) is 0 Å². The summed E-state index contributed by atoms with van der Waals surface area (Å²) in [6.45, 7) is 2.73. The van der Waals surface area contributed by atoms with Gasteiger partial charge in [0.2, 0.25) is 29.5 Å². The van der Waals surface area contributed by atoms with E-state index in [1.54, 1.807) is 13.1 Å². The molecule has 57 heavy (non-hydrogen) atoms. The van der Waals surface area contributed by atoms with Gasteiger partial charge in [0.1, 0.15) is 24.2 Å². The van der Waals surface area contributed by atoms with Crippen LogP contribution in [0.15, 0.2) is 91.1 Å². The highest BCUT2D eigenvalue weighted by molar-refractivity contribution is 5.96. The van der Waals surface area contributed by atoms with Gasteiger partial charge in [-0.1, -0.05) is 91.7 Å². The number of carbonyl (C=O) groups is 5. The molecule has 2 heterocycles. The standard InChI is InChI=1S/C44H57N7O6/c1-30(57-29-32-18-8-5-9-19-32)40-44(56)46-25-15-3-2-10-23-39(52)48-37(26-31-16-6-4-7-17-31)42(54)50-38(27-33-28-47-35-21-12-11-20-34(33)35)43(55)49-36(41(53)51-40)22-13-14-24-45/h4-9,11-12,16-21,28,30,36-38,40,47H,2-3,10,13-15,22-27,29,45H2,1H3,(H,46,56)(H,48,52)(H,49,55)(H,50,54)(H,51,53)/t30-,36-,37-,38-,40-/m0/s1.